The fraction of sp³-hybridized carbons (Fsp3) is 0.111. The first kappa shape index (κ1) is 15.9. The summed E-state index contributed by atoms with van der Waals surface area (Å²) in [4.78, 5) is 8.34. The number of halogens is 2. The van der Waals surface area contributed by atoms with E-state index in [1.807, 2.05) is 30.3 Å². The molecule has 1 N–H and O–H groups in total. The highest BCUT2D eigenvalue weighted by Gasteiger charge is 2.34. The summed E-state index contributed by atoms with van der Waals surface area (Å²) < 4.78 is 0. The van der Waals surface area contributed by atoms with Gasteiger partial charge in [-0.2, -0.15) is 0 Å². The van der Waals surface area contributed by atoms with Crippen molar-refractivity contribution in [2.45, 2.75) is 12.0 Å². The predicted octanol–water partition coefficient (Wildman–Crippen LogP) is 4.26. The fourth-order valence-corrected chi connectivity index (χ4v) is 3.14. The molecule has 2 aromatic carbocycles. The lowest BCUT2D eigenvalue weighted by Crippen LogP contribution is -2.31. The van der Waals surface area contributed by atoms with Crippen LogP contribution in [0.5, 0.6) is 0 Å². The SMILES string of the molecule is OC(Cc1cnccn1)(c1ccccc1)c1ccc(Cl)cc1Cl. The predicted molar refractivity (Wildman–Crippen MR) is 91.6 cm³/mol. The highest BCUT2D eigenvalue weighted by atomic mass is 35.5. The summed E-state index contributed by atoms with van der Waals surface area (Å²) >= 11 is 12.3. The van der Waals surface area contributed by atoms with E-state index < -0.39 is 5.60 Å². The van der Waals surface area contributed by atoms with E-state index in [0.29, 0.717) is 21.3 Å². The molecule has 1 unspecified atom stereocenters. The maximum Gasteiger partial charge on any atom is 0.122 e. The summed E-state index contributed by atoms with van der Waals surface area (Å²) in [6.07, 6.45) is 5.09. The summed E-state index contributed by atoms with van der Waals surface area (Å²) in [5.41, 5.74) is 0.666. The van der Waals surface area contributed by atoms with E-state index in [0.717, 1.165) is 5.56 Å². The van der Waals surface area contributed by atoms with Gasteiger partial charge in [-0.15, -0.1) is 0 Å². The lowest BCUT2D eigenvalue weighted by molar-refractivity contribution is 0.0801. The average Bonchev–Trinajstić information content (AvgIpc) is 2.56. The number of hydrogen-bond acceptors (Lipinski definition) is 3. The fourth-order valence-electron chi connectivity index (χ4n) is 2.57. The number of benzene rings is 2. The molecule has 0 fully saturated rings. The molecule has 0 aliphatic rings. The third kappa shape index (κ3) is 3.37. The third-order valence-electron chi connectivity index (χ3n) is 3.68. The van der Waals surface area contributed by atoms with Gasteiger partial charge in [0.1, 0.15) is 5.60 Å². The van der Waals surface area contributed by atoms with Crippen molar-refractivity contribution in [1.82, 2.24) is 9.97 Å². The lowest BCUT2D eigenvalue weighted by atomic mass is 9.82. The topological polar surface area (TPSA) is 46.0 Å². The maximum absolute atomic E-state index is 11.5. The van der Waals surface area contributed by atoms with E-state index in [1.54, 1.807) is 36.8 Å². The standard InChI is InChI=1S/C18H14Cl2N2O/c19-14-6-7-16(17(20)10-14)18(23,13-4-2-1-3-5-13)11-15-12-21-8-9-22-15/h1-10,12,23H,11H2. The van der Waals surface area contributed by atoms with Crippen molar-refractivity contribution < 1.29 is 5.11 Å². The summed E-state index contributed by atoms with van der Waals surface area (Å²) in [6, 6.07) is 14.5. The van der Waals surface area contributed by atoms with Crippen LogP contribution in [0.3, 0.4) is 0 Å². The number of nitrogens with zero attached hydrogens (tertiary/aromatic N) is 2. The molecular weight excluding hydrogens is 331 g/mol. The van der Waals surface area contributed by atoms with Crippen molar-refractivity contribution in [2.24, 2.45) is 0 Å². The first-order valence-electron chi connectivity index (χ1n) is 7.08. The molecule has 0 amide bonds. The molecule has 0 radical (unpaired) electrons. The summed E-state index contributed by atoms with van der Waals surface area (Å²) in [5, 5.41) is 12.4. The molecule has 0 aliphatic heterocycles. The van der Waals surface area contributed by atoms with Crippen LogP contribution in [-0.2, 0) is 12.0 Å². The Balaban J connectivity index is 2.13. The second-order valence-corrected chi connectivity index (χ2v) is 6.07. The molecule has 0 aliphatic carbocycles. The highest BCUT2D eigenvalue weighted by Crippen LogP contribution is 2.37. The molecule has 3 rings (SSSR count). The van der Waals surface area contributed by atoms with E-state index in [1.165, 1.54) is 0 Å². The number of rotatable bonds is 4. The molecule has 3 nitrogen and oxygen atoms in total. The second kappa shape index (κ2) is 6.67. The van der Waals surface area contributed by atoms with E-state index in [2.05, 4.69) is 9.97 Å². The quantitative estimate of drug-likeness (QED) is 0.768. The Morgan fingerprint density at radius 2 is 1.78 bits per heavy atom. The van der Waals surface area contributed by atoms with Crippen LogP contribution in [0.1, 0.15) is 16.8 Å². The first-order chi connectivity index (χ1) is 11.1. The second-order valence-electron chi connectivity index (χ2n) is 5.22. The van der Waals surface area contributed by atoms with E-state index in [-0.39, 0.29) is 6.42 Å². The molecule has 5 heteroatoms. The van der Waals surface area contributed by atoms with Crippen LogP contribution in [0.2, 0.25) is 10.0 Å². The zero-order chi connectivity index (χ0) is 16.3. The minimum absolute atomic E-state index is 0.256. The Hall–Kier alpha value is -1.94. The smallest absolute Gasteiger partial charge is 0.122 e. The van der Waals surface area contributed by atoms with Gasteiger partial charge in [0.2, 0.25) is 0 Å². The van der Waals surface area contributed by atoms with Gasteiger partial charge in [0, 0.05) is 40.6 Å². The Labute approximate surface area is 144 Å². The molecule has 116 valence electrons. The van der Waals surface area contributed by atoms with Crippen molar-refractivity contribution in [1.29, 1.82) is 0 Å². The number of hydrogen-bond donors (Lipinski definition) is 1. The number of aromatic nitrogens is 2. The Morgan fingerprint density at radius 3 is 2.43 bits per heavy atom. The van der Waals surface area contributed by atoms with Gasteiger partial charge >= 0.3 is 0 Å². The minimum atomic E-state index is -1.32. The van der Waals surface area contributed by atoms with Crippen LogP contribution in [0, 0.1) is 0 Å². The normalized spacial score (nSPS) is 13.5. The van der Waals surface area contributed by atoms with Crippen LogP contribution in [0.25, 0.3) is 0 Å². The van der Waals surface area contributed by atoms with Crippen LogP contribution in [-0.4, -0.2) is 15.1 Å². The van der Waals surface area contributed by atoms with Crippen molar-refractivity contribution in [2.75, 3.05) is 0 Å². The molecule has 0 spiro atoms. The minimum Gasteiger partial charge on any atom is -0.380 e. The maximum atomic E-state index is 11.5. The third-order valence-corrected chi connectivity index (χ3v) is 4.23. The van der Waals surface area contributed by atoms with Gasteiger partial charge in [-0.05, 0) is 17.7 Å². The molecule has 0 saturated heterocycles. The Kier molecular flexibility index (Phi) is 4.62. The van der Waals surface area contributed by atoms with Gasteiger partial charge in [-0.3, -0.25) is 9.97 Å². The van der Waals surface area contributed by atoms with Crippen LogP contribution in [0.4, 0.5) is 0 Å². The van der Waals surface area contributed by atoms with Gasteiger partial charge in [-0.1, -0.05) is 59.6 Å². The van der Waals surface area contributed by atoms with Gasteiger partial charge < -0.3 is 5.11 Å². The van der Waals surface area contributed by atoms with Crippen molar-refractivity contribution in [3.8, 4) is 0 Å². The zero-order valence-electron chi connectivity index (χ0n) is 12.2. The molecule has 1 heterocycles. The summed E-state index contributed by atoms with van der Waals surface area (Å²) in [6.45, 7) is 0. The molecule has 1 aromatic heterocycles. The van der Waals surface area contributed by atoms with Gasteiger partial charge in [0.05, 0.1) is 5.69 Å². The van der Waals surface area contributed by atoms with Gasteiger partial charge in [0.25, 0.3) is 0 Å². The molecule has 0 saturated carbocycles. The van der Waals surface area contributed by atoms with Gasteiger partial charge in [0.15, 0.2) is 0 Å². The summed E-state index contributed by atoms with van der Waals surface area (Å²) in [5.74, 6) is 0. The molecule has 23 heavy (non-hydrogen) atoms. The van der Waals surface area contributed by atoms with Crippen molar-refractivity contribution >= 4 is 23.2 Å². The Bertz CT molecular complexity index is 797. The van der Waals surface area contributed by atoms with Gasteiger partial charge in [-0.25, -0.2) is 0 Å². The van der Waals surface area contributed by atoms with Crippen LogP contribution >= 0.6 is 23.2 Å². The lowest BCUT2D eigenvalue weighted by Gasteiger charge is -2.30. The van der Waals surface area contributed by atoms with Crippen LogP contribution < -0.4 is 0 Å². The monoisotopic (exact) mass is 344 g/mol. The summed E-state index contributed by atoms with van der Waals surface area (Å²) in [7, 11) is 0. The molecule has 1 atom stereocenters. The first-order valence-corrected chi connectivity index (χ1v) is 7.83. The van der Waals surface area contributed by atoms with Crippen molar-refractivity contribution in [3.05, 3.63) is 94.0 Å². The van der Waals surface area contributed by atoms with Crippen molar-refractivity contribution in [3.63, 3.8) is 0 Å². The molecular formula is C18H14Cl2N2O. The van der Waals surface area contributed by atoms with E-state index in [9.17, 15) is 5.11 Å². The zero-order valence-corrected chi connectivity index (χ0v) is 13.7. The number of aliphatic hydroxyl groups is 1. The largest absolute Gasteiger partial charge is 0.380 e. The molecule has 3 aromatic rings. The highest BCUT2D eigenvalue weighted by molar-refractivity contribution is 6.35. The van der Waals surface area contributed by atoms with E-state index in [4.69, 9.17) is 23.2 Å². The van der Waals surface area contributed by atoms with E-state index >= 15 is 0 Å². The Morgan fingerprint density at radius 1 is 1.00 bits per heavy atom. The average molecular weight is 345 g/mol. The van der Waals surface area contributed by atoms with Crippen LogP contribution in [0.15, 0.2) is 67.1 Å². The molecule has 0 bridgehead atoms.